The zero-order valence-corrected chi connectivity index (χ0v) is 56.2. The second kappa shape index (κ2) is 25.5. The molecule has 0 unspecified atom stereocenters. The Balaban J connectivity index is 0.943. The number of para-hydroxylation sites is 2. The Morgan fingerprint density at radius 3 is 0.808 bits per heavy atom. The van der Waals surface area contributed by atoms with Crippen LogP contribution in [0, 0.1) is 22.7 Å². The highest BCUT2D eigenvalue weighted by Crippen LogP contribution is 2.52. The fourth-order valence-corrected chi connectivity index (χ4v) is 25.9. The predicted octanol–water partition coefficient (Wildman–Crippen LogP) is 14.9. The van der Waals surface area contributed by atoms with Crippen LogP contribution < -0.4 is 67.7 Å². The summed E-state index contributed by atoms with van der Waals surface area (Å²) in [5, 5.41) is 32.5. The summed E-state index contributed by atoms with van der Waals surface area (Å²) in [4.78, 5) is 5.00. The molecule has 15 aromatic carbocycles. The lowest BCUT2D eigenvalue weighted by Crippen LogP contribution is -2.74. The smallest absolute Gasteiger partial charge is 0.252 e. The Bertz CT molecular complexity index is 5060. The van der Waals surface area contributed by atoms with Crippen molar-refractivity contribution in [1.29, 1.82) is 10.5 Å². The maximum absolute atomic E-state index is 11.1. The molecule has 2 aliphatic rings. The molecule has 0 atom stereocenters. The van der Waals surface area contributed by atoms with Gasteiger partial charge in [-0.05, 0) is 129 Å². The molecule has 15 aromatic rings. The van der Waals surface area contributed by atoms with Crippen LogP contribution in [0.4, 0.5) is 34.1 Å². The third-order valence-electron chi connectivity index (χ3n) is 20.4. The van der Waals surface area contributed by atoms with Crippen molar-refractivity contribution in [1.82, 2.24) is 0 Å². The fourth-order valence-electron chi connectivity index (χ4n) is 16.3. The number of anilines is 6. The van der Waals surface area contributed by atoms with E-state index in [0.29, 0.717) is 11.1 Å². The van der Waals surface area contributed by atoms with E-state index in [0.717, 1.165) is 95.0 Å². The van der Waals surface area contributed by atoms with E-state index in [2.05, 4.69) is 392 Å². The van der Waals surface area contributed by atoms with Gasteiger partial charge in [0.2, 0.25) is 0 Å². The molecule has 17 rings (SSSR count). The molecule has 0 saturated heterocycles. The minimum Gasteiger partial charge on any atom is -0.310 e. The molecule has 2 heterocycles. The van der Waals surface area contributed by atoms with Gasteiger partial charge >= 0.3 is 0 Å². The van der Waals surface area contributed by atoms with Crippen molar-refractivity contribution >= 4 is 115 Å². The van der Waals surface area contributed by atoms with Gasteiger partial charge < -0.3 is 9.80 Å². The van der Waals surface area contributed by atoms with Crippen LogP contribution in [0.5, 0.6) is 0 Å². The molecule has 0 radical (unpaired) electrons. The van der Waals surface area contributed by atoms with E-state index >= 15 is 0 Å². The second-order valence-electron chi connectivity index (χ2n) is 25.6. The lowest BCUT2D eigenvalue weighted by Gasteiger charge is -2.45. The van der Waals surface area contributed by atoms with Crippen molar-refractivity contribution in [3.63, 3.8) is 0 Å². The molecule has 0 N–H and O–H groups in total. The number of fused-ring (bicyclic) bond motifs is 4. The maximum Gasteiger partial charge on any atom is 0.252 e. The largest absolute Gasteiger partial charge is 0.310 e. The first-order valence-electron chi connectivity index (χ1n) is 33.8. The maximum atomic E-state index is 11.1. The summed E-state index contributed by atoms with van der Waals surface area (Å²) in [6.07, 6.45) is 0. The van der Waals surface area contributed by atoms with Gasteiger partial charge in [-0.15, -0.1) is 0 Å². The number of rotatable bonds is 14. The first-order valence-corrected chi connectivity index (χ1v) is 37.8. The van der Waals surface area contributed by atoms with Crippen LogP contribution in [0.1, 0.15) is 11.1 Å². The SMILES string of the molecule is N#Cc1ccc2c(c1)B1c3cc(C#N)ccc3N(c3c(-c4ccccc4)cccc3-c3cccc([Si](c4ccccc4)(c4ccccc4)c4ccccc4)c3)c3cccc(c31)N2c1c(-c2ccccc2)cccc1-c1cccc([Si](c2ccccc2)(c2ccccc2)c2ccccc2)c1. The topological polar surface area (TPSA) is 54.1 Å². The molecule has 99 heavy (non-hydrogen) atoms. The Hall–Kier alpha value is -12.6. The molecule has 462 valence electrons. The van der Waals surface area contributed by atoms with Crippen molar-refractivity contribution in [3.8, 4) is 56.6 Å². The molecule has 2 aliphatic heterocycles. The van der Waals surface area contributed by atoms with Crippen LogP contribution in [0.3, 0.4) is 0 Å². The Kier molecular flexibility index (Phi) is 15.5. The Labute approximate surface area is 581 Å². The number of hydrogen-bond donors (Lipinski definition) is 0. The second-order valence-corrected chi connectivity index (χ2v) is 33.2. The van der Waals surface area contributed by atoms with Gasteiger partial charge in [-0.1, -0.05) is 334 Å². The summed E-state index contributed by atoms with van der Waals surface area (Å²) >= 11 is 0. The van der Waals surface area contributed by atoms with Crippen LogP contribution in [0.15, 0.2) is 382 Å². The van der Waals surface area contributed by atoms with E-state index in [-0.39, 0.29) is 0 Å². The number of nitrogens with zero attached hydrogens (tertiary/aromatic N) is 4. The summed E-state index contributed by atoms with van der Waals surface area (Å²) in [6.45, 7) is -0.398. The van der Waals surface area contributed by atoms with Gasteiger partial charge in [0, 0.05) is 45.0 Å². The molecule has 0 aliphatic carbocycles. The van der Waals surface area contributed by atoms with Gasteiger partial charge in [0.05, 0.1) is 34.6 Å². The zero-order valence-electron chi connectivity index (χ0n) is 54.2. The molecule has 0 fully saturated rings. The molecular weight excluding hydrogens is 1230 g/mol. The molecule has 0 amide bonds. The van der Waals surface area contributed by atoms with Crippen LogP contribution in [0.25, 0.3) is 44.5 Å². The van der Waals surface area contributed by atoms with Gasteiger partial charge in [-0.25, -0.2) is 0 Å². The van der Waals surface area contributed by atoms with Crippen molar-refractivity contribution in [2.45, 2.75) is 0 Å². The van der Waals surface area contributed by atoms with Crippen molar-refractivity contribution < 1.29 is 0 Å². The van der Waals surface area contributed by atoms with Crippen molar-refractivity contribution in [2.75, 3.05) is 9.80 Å². The minimum absolute atomic E-state index is 0.398. The van der Waals surface area contributed by atoms with E-state index in [1.807, 2.05) is 12.1 Å². The number of benzene rings is 15. The minimum atomic E-state index is -3.01. The van der Waals surface area contributed by atoms with Crippen LogP contribution in [-0.2, 0) is 0 Å². The fraction of sp³-hybridized carbons (Fsp3) is 0. The van der Waals surface area contributed by atoms with E-state index in [1.54, 1.807) is 0 Å². The summed E-state index contributed by atoms with van der Waals surface area (Å²) in [5.74, 6) is 0. The van der Waals surface area contributed by atoms with Crippen LogP contribution >= 0.6 is 0 Å². The molecular formula is C92H63BN4Si2. The lowest BCUT2D eigenvalue weighted by atomic mass is 9.33. The molecule has 7 heteroatoms. The normalized spacial score (nSPS) is 12.2. The summed E-state index contributed by atoms with van der Waals surface area (Å²) in [5.41, 5.74) is 18.6. The van der Waals surface area contributed by atoms with Crippen molar-refractivity contribution in [3.05, 3.63) is 393 Å². The highest BCUT2D eigenvalue weighted by molar-refractivity contribution is 7.20. The first-order chi connectivity index (χ1) is 49.1. The lowest BCUT2D eigenvalue weighted by molar-refractivity contribution is 1.25. The van der Waals surface area contributed by atoms with Gasteiger partial charge in [0.25, 0.3) is 6.71 Å². The zero-order chi connectivity index (χ0) is 66.3. The Morgan fingerprint density at radius 2 is 0.495 bits per heavy atom. The van der Waals surface area contributed by atoms with Crippen LogP contribution in [-0.4, -0.2) is 22.9 Å². The van der Waals surface area contributed by atoms with Gasteiger partial charge in [0.1, 0.15) is 0 Å². The monoisotopic (exact) mass is 1290 g/mol. The van der Waals surface area contributed by atoms with Crippen molar-refractivity contribution in [2.24, 2.45) is 0 Å². The number of nitriles is 2. The molecule has 0 spiro atoms. The molecule has 4 nitrogen and oxygen atoms in total. The van der Waals surface area contributed by atoms with Gasteiger partial charge in [-0.3, -0.25) is 0 Å². The average molecular weight is 1290 g/mol. The third kappa shape index (κ3) is 10.0. The van der Waals surface area contributed by atoms with Crippen LogP contribution in [0.2, 0.25) is 0 Å². The Morgan fingerprint density at radius 1 is 0.232 bits per heavy atom. The predicted molar refractivity (Wildman–Crippen MR) is 419 cm³/mol. The average Bonchev–Trinajstić information content (AvgIpc) is 0.694. The van der Waals surface area contributed by atoms with E-state index in [1.165, 1.54) is 41.5 Å². The molecule has 0 bridgehead atoms. The highest BCUT2D eigenvalue weighted by atomic mass is 28.3. The summed E-state index contributed by atoms with van der Waals surface area (Å²) < 4.78 is 0. The van der Waals surface area contributed by atoms with Gasteiger partial charge in [-0.2, -0.15) is 10.5 Å². The van der Waals surface area contributed by atoms with E-state index in [9.17, 15) is 10.5 Å². The molecule has 0 aromatic heterocycles. The third-order valence-corrected chi connectivity index (χ3v) is 29.9. The number of hydrogen-bond acceptors (Lipinski definition) is 4. The standard InChI is InChI=1S/C92H63BN4Si2/c94-64-66-56-58-86-84(60-66)93-85-61-67(65-95)57-59-87(85)97(92-81(69-32-11-2-12-33-69)51-28-53-83(92)71-35-26-49-79(63-71)99(75-42-19-6-20-43-75,76-44-21-7-22-45-76)77-46-23-8-24-47-77)89-55-29-54-88(90(89)93)96(86)91-80(68-30-9-1-10-31-68)50-27-52-82(91)70-34-25-48-78(62-70)98(72-36-13-3-14-37-72,73-38-15-4-16-39-73)74-40-17-5-18-41-74/h1-63H. The summed E-state index contributed by atoms with van der Waals surface area (Å²) in [6, 6.07) is 145. The molecule has 0 saturated carbocycles. The van der Waals surface area contributed by atoms with Gasteiger partial charge in [0.15, 0.2) is 16.1 Å². The first kappa shape index (κ1) is 60.1. The highest BCUT2D eigenvalue weighted by Gasteiger charge is 2.47. The quantitative estimate of drug-likeness (QED) is 0.0804. The van der Waals surface area contributed by atoms with E-state index < -0.39 is 22.9 Å². The summed E-state index contributed by atoms with van der Waals surface area (Å²) in [7, 11) is -6.02. The van der Waals surface area contributed by atoms with E-state index in [4.69, 9.17) is 0 Å².